The van der Waals surface area contributed by atoms with Crippen molar-refractivity contribution < 1.29 is 4.79 Å². The zero-order valence-corrected chi connectivity index (χ0v) is 11.1. The lowest BCUT2D eigenvalue weighted by molar-refractivity contribution is -0.123. The lowest BCUT2D eigenvalue weighted by Gasteiger charge is -2.05. The number of nitrogens with one attached hydrogen (secondary N) is 2. The lowest BCUT2D eigenvalue weighted by atomic mass is 10.2. The van der Waals surface area contributed by atoms with Crippen LogP contribution in [0.25, 0.3) is 11.4 Å². The molecule has 0 aliphatic carbocycles. The molecule has 2 aromatic rings. The molecule has 100 valence electrons. The molecule has 0 bridgehead atoms. The molecule has 0 saturated carbocycles. The van der Waals surface area contributed by atoms with E-state index in [0.717, 1.165) is 11.4 Å². The van der Waals surface area contributed by atoms with Crippen LogP contribution >= 0.6 is 0 Å². The molecule has 6 heteroatoms. The minimum absolute atomic E-state index is 0.00195. The lowest BCUT2D eigenvalue weighted by Crippen LogP contribution is -2.29. The third kappa shape index (κ3) is 3.61. The number of H-pyrrole nitrogens is 1. The third-order valence-electron chi connectivity index (χ3n) is 2.66. The van der Waals surface area contributed by atoms with E-state index in [-0.39, 0.29) is 11.8 Å². The van der Waals surface area contributed by atoms with E-state index in [1.54, 1.807) is 12.4 Å². The fourth-order valence-corrected chi connectivity index (χ4v) is 1.55. The van der Waals surface area contributed by atoms with E-state index in [4.69, 9.17) is 0 Å². The zero-order chi connectivity index (χ0) is 13.7. The van der Waals surface area contributed by atoms with Crippen LogP contribution in [0.1, 0.15) is 19.7 Å². The number of hydrogen-bond acceptors (Lipinski definition) is 4. The van der Waals surface area contributed by atoms with Gasteiger partial charge < -0.3 is 5.32 Å². The highest BCUT2D eigenvalue weighted by Crippen LogP contribution is 2.12. The standard InChI is InChI=1S/C13H17N5O/c1-9(2)13(19)15-8-5-11-16-12(18-17-11)10-3-6-14-7-4-10/h3-4,6-7,9H,5,8H2,1-2H3,(H,15,19)(H,16,17,18). The van der Waals surface area contributed by atoms with Crippen LogP contribution in [0.15, 0.2) is 24.5 Å². The average molecular weight is 259 g/mol. The van der Waals surface area contributed by atoms with Crippen LogP contribution in [0.2, 0.25) is 0 Å². The van der Waals surface area contributed by atoms with E-state index in [2.05, 4.69) is 25.5 Å². The van der Waals surface area contributed by atoms with Gasteiger partial charge in [0.25, 0.3) is 0 Å². The van der Waals surface area contributed by atoms with Crippen molar-refractivity contribution >= 4 is 5.91 Å². The minimum Gasteiger partial charge on any atom is -0.355 e. The maximum Gasteiger partial charge on any atom is 0.222 e. The summed E-state index contributed by atoms with van der Waals surface area (Å²) in [6, 6.07) is 3.71. The summed E-state index contributed by atoms with van der Waals surface area (Å²) < 4.78 is 0. The predicted molar refractivity (Wildman–Crippen MR) is 71.2 cm³/mol. The van der Waals surface area contributed by atoms with Crippen molar-refractivity contribution in [2.75, 3.05) is 6.54 Å². The van der Waals surface area contributed by atoms with Gasteiger partial charge in [-0.25, -0.2) is 4.98 Å². The number of aromatic nitrogens is 4. The van der Waals surface area contributed by atoms with Crippen molar-refractivity contribution in [3.05, 3.63) is 30.4 Å². The molecule has 0 aliphatic rings. The van der Waals surface area contributed by atoms with Crippen molar-refractivity contribution in [2.24, 2.45) is 5.92 Å². The second-order valence-electron chi connectivity index (χ2n) is 4.54. The molecular weight excluding hydrogens is 242 g/mol. The van der Waals surface area contributed by atoms with Crippen LogP contribution < -0.4 is 5.32 Å². The number of carbonyl (C=O) groups excluding carboxylic acids is 1. The first-order chi connectivity index (χ1) is 9.16. The Hall–Kier alpha value is -2.24. The smallest absolute Gasteiger partial charge is 0.222 e. The number of rotatable bonds is 5. The Labute approximate surface area is 111 Å². The van der Waals surface area contributed by atoms with Gasteiger partial charge in [-0.2, -0.15) is 5.10 Å². The van der Waals surface area contributed by atoms with Crippen molar-refractivity contribution in [1.29, 1.82) is 0 Å². The van der Waals surface area contributed by atoms with E-state index in [1.807, 2.05) is 26.0 Å². The number of carbonyl (C=O) groups is 1. The number of pyridine rings is 1. The monoisotopic (exact) mass is 259 g/mol. The summed E-state index contributed by atoms with van der Waals surface area (Å²) in [7, 11) is 0. The van der Waals surface area contributed by atoms with Gasteiger partial charge in [-0.05, 0) is 12.1 Å². The summed E-state index contributed by atoms with van der Waals surface area (Å²) in [4.78, 5) is 19.7. The first-order valence-electron chi connectivity index (χ1n) is 6.26. The van der Waals surface area contributed by atoms with Crippen molar-refractivity contribution in [1.82, 2.24) is 25.5 Å². The molecule has 2 heterocycles. The number of nitrogens with zero attached hydrogens (tertiary/aromatic N) is 3. The number of hydrogen-bond donors (Lipinski definition) is 2. The first-order valence-corrected chi connectivity index (χ1v) is 6.26. The summed E-state index contributed by atoms with van der Waals surface area (Å²) in [6.45, 7) is 4.29. The molecule has 2 rings (SSSR count). The largest absolute Gasteiger partial charge is 0.355 e. The van der Waals surface area contributed by atoms with Crippen LogP contribution in [-0.4, -0.2) is 32.6 Å². The van der Waals surface area contributed by atoms with E-state index in [1.165, 1.54) is 0 Å². The fourth-order valence-electron chi connectivity index (χ4n) is 1.55. The Kier molecular flexibility index (Phi) is 4.22. The number of aromatic amines is 1. The molecule has 0 atom stereocenters. The maximum absolute atomic E-state index is 11.4. The summed E-state index contributed by atoms with van der Waals surface area (Å²) >= 11 is 0. The van der Waals surface area contributed by atoms with Gasteiger partial charge in [0.15, 0.2) is 5.82 Å². The minimum atomic E-state index is 0.00195. The van der Waals surface area contributed by atoms with Crippen LogP contribution in [0.4, 0.5) is 0 Å². The average Bonchev–Trinajstić information content (AvgIpc) is 2.88. The van der Waals surface area contributed by atoms with Crippen LogP contribution in [0, 0.1) is 5.92 Å². The van der Waals surface area contributed by atoms with Crippen molar-refractivity contribution in [3.8, 4) is 11.4 Å². The van der Waals surface area contributed by atoms with E-state index in [9.17, 15) is 4.79 Å². The van der Waals surface area contributed by atoms with Crippen molar-refractivity contribution in [3.63, 3.8) is 0 Å². The molecule has 0 fully saturated rings. The molecule has 0 saturated heterocycles. The van der Waals surface area contributed by atoms with Gasteiger partial charge in [-0.3, -0.25) is 14.9 Å². The van der Waals surface area contributed by atoms with Gasteiger partial charge in [0.2, 0.25) is 5.91 Å². The Bertz CT molecular complexity index is 535. The molecule has 0 radical (unpaired) electrons. The third-order valence-corrected chi connectivity index (χ3v) is 2.66. The summed E-state index contributed by atoms with van der Waals surface area (Å²) in [5.74, 6) is 1.46. The second-order valence-corrected chi connectivity index (χ2v) is 4.54. The van der Waals surface area contributed by atoms with Gasteiger partial charge >= 0.3 is 0 Å². The summed E-state index contributed by atoms with van der Waals surface area (Å²) in [6.07, 6.45) is 4.04. The molecule has 0 spiro atoms. The molecule has 0 aliphatic heterocycles. The topological polar surface area (TPSA) is 83.6 Å². The molecule has 19 heavy (non-hydrogen) atoms. The van der Waals surface area contributed by atoms with Crippen LogP contribution in [0.5, 0.6) is 0 Å². The van der Waals surface area contributed by atoms with Gasteiger partial charge in [0, 0.05) is 36.8 Å². The van der Waals surface area contributed by atoms with Gasteiger partial charge in [0.05, 0.1) is 0 Å². The number of amides is 1. The Morgan fingerprint density at radius 3 is 2.79 bits per heavy atom. The van der Waals surface area contributed by atoms with Gasteiger partial charge in [-0.15, -0.1) is 0 Å². The predicted octanol–water partition coefficient (Wildman–Crippen LogP) is 1.18. The van der Waals surface area contributed by atoms with Crippen molar-refractivity contribution in [2.45, 2.75) is 20.3 Å². The van der Waals surface area contributed by atoms with E-state index in [0.29, 0.717) is 18.8 Å². The highest BCUT2D eigenvalue weighted by atomic mass is 16.1. The second kappa shape index (κ2) is 6.08. The fraction of sp³-hybridized carbons (Fsp3) is 0.385. The SMILES string of the molecule is CC(C)C(=O)NCCc1nc(-c2ccncc2)n[nH]1. The van der Waals surface area contributed by atoms with E-state index < -0.39 is 0 Å². The van der Waals surface area contributed by atoms with Crippen LogP contribution in [0.3, 0.4) is 0 Å². The zero-order valence-electron chi connectivity index (χ0n) is 11.1. The van der Waals surface area contributed by atoms with Crippen LogP contribution in [-0.2, 0) is 11.2 Å². The Balaban J connectivity index is 1.90. The highest BCUT2D eigenvalue weighted by molar-refractivity contribution is 5.77. The van der Waals surface area contributed by atoms with Gasteiger partial charge in [0.1, 0.15) is 5.82 Å². The Morgan fingerprint density at radius 2 is 2.11 bits per heavy atom. The first kappa shape index (κ1) is 13.2. The molecule has 2 N–H and O–H groups in total. The molecule has 0 aromatic carbocycles. The summed E-state index contributed by atoms with van der Waals surface area (Å²) in [5.41, 5.74) is 0.920. The molecule has 2 aromatic heterocycles. The molecule has 6 nitrogen and oxygen atoms in total. The molecule has 0 unspecified atom stereocenters. The summed E-state index contributed by atoms with van der Waals surface area (Å²) in [5, 5.41) is 9.86. The quantitative estimate of drug-likeness (QED) is 0.844. The van der Waals surface area contributed by atoms with E-state index >= 15 is 0 Å². The van der Waals surface area contributed by atoms with Gasteiger partial charge in [-0.1, -0.05) is 13.8 Å². The normalized spacial score (nSPS) is 10.7. The maximum atomic E-state index is 11.4. The highest BCUT2D eigenvalue weighted by Gasteiger charge is 2.08. The molecular formula is C13H17N5O. The Morgan fingerprint density at radius 1 is 1.37 bits per heavy atom. The molecule has 1 amide bonds.